The van der Waals surface area contributed by atoms with Crippen LogP contribution in [0.3, 0.4) is 0 Å². The number of aliphatic hydroxyl groups is 1. The summed E-state index contributed by atoms with van der Waals surface area (Å²) in [6.07, 6.45) is -0.450. The van der Waals surface area contributed by atoms with Gasteiger partial charge in [0.2, 0.25) is 47.3 Å². The number of carbonyl (C=O) groups is 9. The first-order valence-electron chi connectivity index (χ1n) is 19.4. The van der Waals surface area contributed by atoms with Crippen molar-refractivity contribution in [2.45, 2.75) is 144 Å². The molecule has 0 aliphatic rings. The predicted molar refractivity (Wildman–Crippen MR) is 209 cm³/mol. The fourth-order valence-corrected chi connectivity index (χ4v) is 5.24. The molecule has 0 rings (SSSR count). The van der Waals surface area contributed by atoms with Crippen LogP contribution < -0.4 is 48.3 Å². The molecule has 0 spiro atoms. The second kappa shape index (κ2) is 25.4. The summed E-state index contributed by atoms with van der Waals surface area (Å²) in [7, 11) is 0. The lowest BCUT2D eigenvalue weighted by Crippen LogP contribution is -2.61. The van der Waals surface area contributed by atoms with Crippen molar-refractivity contribution >= 4 is 53.2 Å². The number of rotatable bonds is 25. The monoisotopic (exact) mass is 813 g/mol. The van der Waals surface area contributed by atoms with Crippen LogP contribution in [-0.2, 0) is 43.2 Å². The second-order valence-corrected chi connectivity index (χ2v) is 15.3. The smallest absolute Gasteiger partial charge is 0.326 e. The lowest BCUT2D eigenvalue weighted by atomic mass is 9.96. The highest BCUT2D eigenvalue weighted by molar-refractivity contribution is 5.97. The number of hydrogen-bond donors (Lipinski definition) is 11. The highest BCUT2D eigenvalue weighted by Crippen LogP contribution is 2.12. The van der Waals surface area contributed by atoms with Crippen molar-refractivity contribution in [3.05, 3.63) is 0 Å². The molecule has 0 heterocycles. The highest BCUT2D eigenvalue weighted by atomic mass is 16.4. The molecule has 8 amide bonds. The molecule has 0 saturated carbocycles. The Labute approximate surface area is 335 Å². The molecule has 0 bridgehead atoms. The minimum Gasteiger partial charge on any atom is -0.480 e. The summed E-state index contributed by atoms with van der Waals surface area (Å²) in [4.78, 5) is 115. The van der Waals surface area contributed by atoms with Gasteiger partial charge in [-0.1, -0.05) is 68.2 Å². The van der Waals surface area contributed by atoms with Crippen LogP contribution in [0.1, 0.15) is 95.4 Å². The topological polar surface area (TPSA) is 316 Å². The lowest BCUT2D eigenvalue weighted by Gasteiger charge is -2.29. The Morgan fingerprint density at radius 1 is 0.526 bits per heavy atom. The summed E-state index contributed by atoms with van der Waals surface area (Å²) >= 11 is 0. The van der Waals surface area contributed by atoms with Crippen LogP contribution in [0.4, 0.5) is 0 Å². The molecule has 326 valence electrons. The Morgan fingerprint density at radius 3 is 1.37 bits per heavy atom. The number of amides is 8. The van der Waals surface area contributed by atoms with E-state index in [0.717, 1.165) is 0 Å². The molecule has 0 aromatic carbocycles. The first-order valence-corrected chi connectivity index (χ1v) is 19.4. The van der Waals surface area contributed by atoms with Crippen molar-refractivity contribution in [2.75, 3.05) is 13.1 Å². The predicted octanol–water partition coefficient (Wildman–Crippen LogP) is -2.25. The minimum atomic E-state index is -1.55. The van der Waals surface area contributed by atoms with Crippen LogP contribution in [0.2, 0.25) is 0 Å². The Kier molecular flexibility index (Phi) is 23.2. The maximum atomic E-state index is 13.7. The van der Waals surface area contributed by atoms with Crippen molar-refractivity contribution < 1.29 is 53.4 Å². The first kappa shape index (κ1) is 52.2. The summed E-state index contributed by atoms with van der Waals surface area (Å²) in [5.74, 6) is -8.63. The molecule has 12 N–H and O–H groups in total. The van der Waals surface area contributed by atoms with E-state index in [9.17, 15) is 53.4 Å². The molecule has 0 unspecified atom stereocenters. The van der Waals surface area contributed by atoms with E-state index < -0.39 is 132 Å². The van der Waals surface area contributed by atoms with Crippen molar-refractivity contribution in [3.63, 3.8) is 0 Å². The third kappa shape index (κ3) is 18.8. The zero-order valence-electron chi connectivity index (χ0n) is 35.1. The Balaban J connectivity index is 5.76. The van der Waals surface area contributed by atoms with Crippen molar-refractivity contribution in [3.8, 4) is 0 Å². The SMILES string of the molecule is CC[C@H](C)[C@H](NC(=O)CNC(=O)[C@H](C)NC(=O)[C@H](C)N)C(=O)NCC(=O)N[C@H](C(=O)N[C@H](CC(C)C)C(=O)N[C@H](C(=O)N[C@H](C(=O)O)C(C)C)[C@@H](C)O)[C@@H](C)CC. The Bertz CT molecular complexity index is 1410. The van der Waals surface area contributed by atoms with Crippen molar-refractivity contribution in [1.29, 1.82) is 0 Å². The third-order valence-corrected chi connectivity index (χ3v) is 9.27. The third-order valence-electron chi connectivity index (χ3n) is 9.27. The molecular formula is C37H67N9O11. The van der Waals surface area contributed by atoms with Gasteiger partial charge in [0.25, 0.3) is 0 Å². The summed E-state index contributed by atoms with van der Waals surface area (Å²) in [5.41, 5.74) is 5.49. The summed E-state index contributed by atoms with van der Waals surface area (Å²) in [5, 5.41) is 39.6. The number of carboxylic acids is 1. The standard InChI is InChI=1S/C37H67N9O11/c1-12-19(7)28(43-25(48)15-39-32(51)22(10)41-31(50)21(9)38)34(53)40-16-26(49)44-29(20(8)13-2)35(54)42-24(14-17(3)4)33(52)46-30(23(11)47)36(55)45-27(18(5)6)37(56)57/h17-24,27-30,47H,12-16,38H2,1-11H3,(H,39,51)(H,40,53)(H,41,50)(H,42,54)(H,43,48)(H,44,49)(H,45,55)(H,46,52)(H,56,57)/t19-,20-,21-,22-,23+,24+,27-,28-,29-,30-/m0/s1. The molecule has 10 atom stereocenters. The van der Waals surface area contributed by atoms with Crippen LogP contribution >= 0.6 is 0 Å². The maximum absolute atomic E-state index is 13.7. The second-order valence-electron chi connectivity index (χ2n) is 15.3. The number of nitrogens with one attached hydrogen (secondary N) is 8. The first-order chi connectivity index (χ1) is 26.4. The van der Waals surface area contributed by atoms with Gasteiger partial charge in [0.15, 0.2) is 0 Å². The number of aliphatic carboxylic acids is 1. The van der Waals surface area contributed by atoms with E-state index >= 15 is 0 Å². The highest BCUT2D eigenvalue weighted by Gasteiger charge is 2.35. The van der Waals surface area contributed by atoms with E-state index in [1.54, 1.807) is 55.4 Å². The number of aliphatic hydroxyl groups excluding tert-OH is 1. The van der Waals surface area contributed by atoms with E-state index in [1.165, 1.54) is 20.8 Å². The average Bonchev–Trinajstić information content (AvgIpc) is 3.12. The molecule has 0 saturated heterocycles. The Morgan fingerprint density at radius 2 is 0.965 bits per heavy atom. The summed E-state index contributed by atoms with van der Waals surface area (Å²) in [6, 6.07) is -8.16. The molecule has 0 aromatic heterocycles. The molecule has 20 nitrogen and oxygen atoms in total. The van der Waals surface area contributed by atoms with Crippen molar-refractivity contribution in [2.24, 2.45) is 29.4 Å². The molecule has 0 fully saturated rings. The molecule has 0 aliphatic heterocycles. The van der Waals surface area contributed by atoms with E-state index in [-0.39, 0.29) is 12.3 Å². The maximum Gasteiger partial charge on any atom is 0.326 e. The van der Waals surface area contributed by atoms with Gasteiger partial charge in [0.05, 0.1) is 25.2 Å². The van der Waals surface area contributed by atoms with E-state index in [0.29, 0.717) is 12.8 Å². The fourth-order valence-electron chi connectivity index (χ4n) is 5.24. The molecule has 57 heavy (non-hydrogen) atoms. The van der Waals surface area contributed by atoms with Gasteiger partial charge in [-0.2, -0.15) is 0 Å². The average molecular weight is 814 g/mol. The summed E-state index contributed by atoms with van der Waals surface area (Å²) in [6.45, 7) is 16.7. The molecular weight excluding hydrogens is 746 g/mol. The van der Waals surface area contributed by atoms with Gasteiger partial charge in [-0.25, -0.2) is 4.79 Å². The van der Waals surface area contributed by atoms with Crippen LogP contribution in [0.15, 0.2) is 0 Å². The molecule has 20 heteroatoms. The molecule has 0 aliphatic carbocycles. The van der Waals surface area contributed by atoms with Gasteiger partial charge in [-0.05, 0) is 50.9 Å². The van der Waals surface area contributed by atoms with Gasteiger partial charge in [-0.3, -0.25) is 38.4 Å². The summed E-state index contributed by atoms with van der Waals surface area (Å²) < 4.78 is 0. The number of carbonyl (C=O) groups excluding carboxylic acids is 8. The van der Waals surface area contributed by atoms with Gasteiger partial charge >= 0.3 is 5.97 Å². The van der Waals surface area contributed by atoms with Crippen LogP contribution in [-0.4, -0.2) is 125 Å². The Hall–Kier alpha value is -4.85. The van der Waals surface area contributed by atoms with E-state index in [2.05, 4.69) is 42.5 Å². The van der Waals surface area contributed by atoms with Gasteiger partial charge in [0, 0.05) is 0 Å². The largest absolute Gasteiger partial charge is 0.480 e. The van der Waals surface area contributed by atoms with Gasteiger partial charge < -0.3 is 58.5 Å². The lowest BCUT2D eigenvalue weighted by molar-refractivity contribution is -0.144. The molecule has 0 aromatic rings. The van der Waals surface area contributed by atoms with Crippen LogP contribution in [0, 0.1) is 23.7 Å². The zero-order valence-corrected chi connectivity index (χ0v) is 35.1. The van der Waals surface area contributed by atoms with Crippen molar-refractivity contribution in [1.82, 2.24) is 42.5 Å². The number of hydrogen-bond acceptors (Lipinski definition) is 11. The van der Waals surface area contributed by atoms with Gasteiger partial charge in [-0.15, -0.1) is 0 Å². The number of carboxylic acid groups (broad SMARTS) is 1. The van der Waals surface area contributed by atoms with Crippen LogP contribution in [0.25, 0.3) is 0 Å². The molecule has 0 radical (unpaired) electrons. The quantitative estimate of drug-likeness (QED) is 0.0466. The number of nitrogens with two attached hydrogens (primary N) is 1. The van der Waals surface area contributed by atoms with E-state index in [1.807, 2.05) is 0 Å². The van der Waals surface area contributed by atoms with Crippen LogP contribution in [0.5, 0.6) is 0 Å². The van der Waals surface area contributed by atoms with E-state index in [4.69, 9.17) is 5.73 Å². The fraction of sp³-hybridized carbons (Fsp3) is 0.757. The normalized spacial score (nSPS) is 16.5. The minimum absolute atomic E-state index is 0.0995. The van der Waals surface area contributed by atoms with Gasteiger partial charge in [0.1, 0.15) is 36.3 Å². The zero-order chi connectivity index (χ0) is 44.3.